The molecule has 0 bridgehead atoms. The number of rotatable bonds is 4. The van der Waals surface area contributed by atoms with Gasteiger partial charge in [0.1, 0.15) is 0 Å². The Morgan fingerprint density at radius 2 is 2.06 bits per heavy atom. The SMILES string of the molecule is Cc1ccc(C(=O)N(C)CCC2CCN2)cc1. The Morgan fingerprint density at radius 3 is 2.59 bits per heavy atom. The molecule has 1 aromatic carbocycles. The number of nitrogens with one attached hydrogen (secondary N) is 1. The Kier molecular flexibility index (Phi) is 3.79. The van der Waals surface area contributed by atoms with Gasteiger partial charge < -0.3 is 10.2 Å². The Bertz CT molecular complexity index is 382. The number of aryl methyl sites for hydroxylation is 1. The predicted octanol–water partition coefficient (Wildman–Crippen LogP) is 1.82. The lowest BCUT2D eigenvalue weighted by atomic mass is 10.0. The first kappa shape index (κ1) is 12.1. The van der Waals surface area contributed by atoms with Crippen LogP contribution in [0, 0.1) is 6.92 Å². The Morgan fingerprint density at radius 1 is 1.41 bits per heavy atom. The third-order valence-electron chi connectivity index (χ3n) is 3.38. The van der Waals surface area contributed by atoms with Crippen molar-refractivity contribution in [2.75, 3.05) is 20.1 Å². The highest BCUT2D eigenvalue weighted by Crippen LogP contribution is 2.10. The molecular formula is C14H20N2O. The van der Waals surface area contributed by atoms with E-state index in [-0.39, 0.29) is 5.91 Å². The minimum absolute atomic E-state index is 0.115. The van der Waals surface area contributed by atoms with E-state index in [4.69, 9.17) is 0 Å². The molecule has 1 saturated heterocycles. The van der Waals surface area contributed by atoms with Crippen molar-refractivity contribution in [2.24, 2.45) is 0 Å². The summed E-state index contributed by atoms with van der Waals surface area (Å²) in [6.45, 7) is 3.98. The highest BCUT2D eigenvalue weighted by atomic mass is 16.2. The second kappa shape index (κ2) is 5.32. The second-order valence-corrected chi connectivity index (χ2v) is 4.82. The normalized spacial score (nSPS) is 18.6. The maximum atomic E-state index is 12.1. The van der Waals surface area contributed by atoms with Crippen molar-refractivity contribution in [1.29, 1.82) is 0 Å². The molecule has 1 atom stereocenters. The van der Waals surface area contributed by atoms with Gasteiger partial charge in [-0.15, -0.1) is 0 Å². The average molecular weight is 232 g/mol. The van der Waals surface area contributed by atoms with Gasteiger partial charge in [0, 0.05) is 25.2 Å². The lowest BCUT2D eigenvalue weighted by Gasteiger charge is -2.29. The van der Waals surface area contributed by atoms with Gasteiger partial charge in [-0.2, -0.15) is 0 Å². The van der Waals surface area contributed by atoms with E-state index in [1.807, 2.05) is 43.1 Å². The largest absolute Gasteiger partial charge is 0.342 e. The Hall–Kier alpha value is -1.35. The summed E-state index contributed by atoms with van der Waals surface area (Å²) in [6, 6.07) is 8.37. The quantitative estimate of drug-likeness (QED) is 0.859. The van der Waals surface area contributed by atoms with Gasteiger partial charge in [-0.1, -0.05) is 17.7 Å². The molecule has 17 heavy (non-hydrogen) atoms. The van der Waals surface area contributed by atoms with Crippen LogP contribution in [0.25, 0.3) is 0 Å². The van der Waals surface area contributed by atoms with Gasteiger partial charge in [-0.05, 0) is 38.4 Å². The molecule has 1 aromatic rings. The highest BCUT2D eigenvalue weighted by Gasteiger charge is 2.18. The van der Waals surface area contributed by atoms with E-state index < -0.39 is 0 Å². The van der Waals surface area contributed by atoms with Crippen LogP contribution in [0.4, 0.5) is 0 Å². The number of carbonyl (C=O) groups is 1. The minimum Gasteiger partial charge on any atom is -0.342 e. The van der Waals surface area contributed by atoms with Crippen LogP contribution in [0.5, 0.6) is 0 Å². The molecule has 0 saturated carbocycles. The Balaban J connectivity index is 1.87. The van der Waals surface area contributed by atoms with Gasteiger partial charge in [-0.3, -0.25) is 4.79 Å². The van der Waals surface area contributed by atoms with Gasteiger partial charge in [-0.25, -0.2) is 0 Å². The summed E-state index contributed by atoms with van der Waals surface area (Å²) in [6.07, 6.45) is 2.29. The van der Waals surface area contributed by atoms with E-state index in [0.717, 1.165) is 25.1 Å². The first-order valence-corrected chi connectivity index (χ1v) is 6.22. The standard InChI is InChI=1S/C14H20N2O/c1-11-3-5-12(6-4-11)14(17)16(2)10-8-13-7-9-15-13/h3-6,13,15H,7-10H2,1-2H3. The van der Waals surface area contributed by atoms with Gasteiger partial charge in [0.2, 0.25) is 0 Å². The molecule has 0 spiro atoms. The molecule has 0 radical (unpaired) electrons. The number of hydrogen-bond acceptors (Lipinski definition) is 2. The molecule has 0 aromatic heterocycles. The molecule has 1 aliphatic heterocycles. The van der Waals surface area contributed by atoms with Crippen LogP contribution >= 0.6 is 0 Å². The zero-order valence-corrected chi connectivity index (χ0v) is 10.6. The Labute approximate surface area is 103 Å². The van der Waals surface area contributed by atoms with Crippen LogP contribution in [0.1, 0.15) is 28.8 Å². The molecule has 1 heterocycles. The maximum absolute atomic E-state index is 12.1. The summed E-state index contributed by atoms with van der Waals surface area (Å²) >= 11 is 0. The molecule has 1 N–H and O–H groups in total. The van der Waals surface area contributed by atoms with Crippen molar-refractivity contribution in [2.45, 2.75) is 25.8 Å². The summed E-state index contributed by atoms with van der Waals surface area (Å²) in [4.78, 5) is 13.9. The van der Waals surface area contributed by atoms with Crippen LogP contribution in [0.3, 0.4) is 0 Å². The fourth-order valence-electron chi connectivity index (χ4n) is 1.96. The third kappa shape index (κ3) is 3.07. The molecule has 1 amide bonds. The van der Waals surface area contributed by atoms with Crippen molar-refractivity contribution >= 4 is 5.91 Å². The van der Waals surface area contributed by atoms with Crippen molar-refractivity contribution < 1.29 is 4.79 Å². The maximum Gasteiger partial charge on any atom is 0.253 e. The van der Waals surface area contributed by atoms with Crippen LogP contribution in [0.2, 0.25) is 0 Å². The molecule has 92 valence electrons. The van der Waals surface area contributed by atoms with Crippen molar-refractivity contribution in [3.05, 3.63) is 35.4 Å². The van der Waals surface area contributed by atoms with Crippen LogP contribution < -0.4 is 5.32 Å². The van der Waals surface area contributed by atoms with Crippen LogP contribution in [0.15, 0.2) is 24.3 Å². The number of amides is 1. The summed E-state index contributed by atoms with van der Waals surface area (Å²) in [5.74, 6) is 0.115. The predicted molar refractivity (Wildman–Crippen MR) is 69.2 cm³/mol. The van der Waals surface area contributed by atoms with Crippen molar-refractivity contribution in [3.63, 3.8) is 0 Å². The van der Waals surface area contributed by atoms with Crippen LogP contribution in [-0.2, 0) is 0 Å². The molecular weight excluding hydrogens is 212 g/mol. The first-order chi connectivity index (χ1) is 8.16. The molecule has 2 rings (SSSR count). The summed E-state index contributed by atoms with van der Waals surface area (Å²) < 4.78 is 0. The molecule has 1 fully saturated rings. The van der Waals surface area contributed by atoms with E-state index >= 15 is 0 Å². The highest BCUT2D eigenvalue weighted by molar-refractivity contribution is 5.94. The summed E-state index contributed by atoms with van der Waals surface area (Å²) in [5.41, 5.74) is 1.96. The van der Waals surface area contributed by atoms with E-state index in [1.165, 1.54) is 12.0 Å². The van der Waals surface area contributed by atoms with Crippen molar-refractivity contribution in [3.8, 4) is 0 Å². The number of benzene rings is 1. The fourth-order valence-corrected chi connectivity index (χ4v) is 1.96. The summed E-state index contributed by atoms with van der Waals surface area (Å²) in [7, 11) is 1.88. The zero-order valence-electron chi connectivity index (χ0n) is 10.6. The van der Waals surface area contributed by atoms with Gasteiger partial charge >= 0.3 is 0 Å². The lowest BCUT2D eigenvalue weighted by molar-refractivity contribution is 0.0785. The first-order valence-electron chi connectivity index (χ1n) is 6.22. The van der Waals surface area contributed by atoms with Gasteiger partial charge in [0.15, 0.2) is 0 Å². The van der Waals surface area contributed by atoms with Crippen molar-refractivity contribution in [1.82, 2.24) is 10.2 Å². The summed E-state index contributed by atoms with van der Waals surface area (Å²) in [5, 5.41) is 3.35. The lowest BCUT2D eigenvalue weighted by Crippen LogP contribution is -2.45. The third-order valence-corrected chi connectivity index (χ3v) is 3.38. The number of hydrogen-bond donors (Lipinski definition) is 1. The zero-order chi connectivity index (χ0) is 12.3. The number of nitrogens with zero attached hydrogens (tertiary/aromatic N) is 1. The van der Waals surface area contributed by atoms with E-state index in [1.54, 1.807) is 0 Å². The van der Waals surface area contributed by atoms with E-state index in [0.29, 0.717) is 6.04 Å². The molecule has 1 aliphatic rings. The number of carbonyl (C=O) groups excluding carboxylic acids is 1. The second-order valence-electron chi connectivity index (χ2n) is 4.82. The minimum atomic E-state index is 0.115. The molecule has 3 heteroatoms. The average Bonchev–Trinajstić information content (AvgIpc) is 2.27. The molecule has 0 aliphatic carbocycles. The van der Waals surface area contributed by atoms with Crippen LogP contribution in [-0.4, -0.2) is 37.0 Å². The molecule has 3 nitrogen and oxygen atoms in total. The smallest absolute Gasteiger partial charge is 0.253 e. The molecule has 1 unspecified atom stereocenters. The van der Waals surface area contributed by atoms with E-state index in [9.17, 15) is 4.79 Å². The topological polar surface area (TPSA) is 32.3 Å². The van der Waals surface area contributed by atoms with E-state index in [2.05, 4.69) is 5.32 Å². The van der Waals surface area contributed by atoms with Gasteiger partial charge in [0.05, 0.1) is 0 Å². The monoisotopic (exact) mass is 232 g/mol. The van der Waals surface area contributed by atoms with Gasteiger partial charge in [0.25, 0.3) is 5.91 Å². The fraction of sp³-hybridized carbons (Fsp3) is 0.500.